The van der Waals surface area contributed by atoms with Gasteiger partial charge in [0.1, 0.15) is 0 Å². The second-order valence-electron chi connectivity index (χ2n) is 9.02. The quantitative estimate of drug-likeness (QED) is 0.467. The van der Waals surface area contributed by atoms with Crippen molar-refractivity contribution in [1.82, 2.24) is 19.4 Å². The van der Waals surface area contributed by atoms with Crippen molar-refractivity contribution in [1.29, 1.82) is 0 Å². The normalized spacial score (nSPS) is 22.9. The Bertz CT molecular complexity index is 1050. The number of hydrogen-bond acceptors (Lipinski definition) is 8. The predicted octanol–water partition coefficient (Wildman–Crippen LogP) is 1.89. The fourth-order valence-corrected chi connectivity index (χ4v) is 6.59. The number of sulfonamides is 1. The van der Waals surface area contributed by atoms with Crippen LogP contribution in [0.3, 0.4) is 0 Å². The largest absolute Gasteiger partial charge is 0.377 e. The van der Waals surface area contributed by atoms with Gasteiger partial charge in [-0.05, 0) is 71.8 Å². The molecule has 3 saturated heterocycles. The topological polar surface area (TPSA) is 82.1 Å². The number of piperazine rings is 2. The highest BCUT2D eigenvalue weighted by atomic mass is 127. The van der Waals surface area contributed by atoms with E-state index in [0.717, 1.165) is 54.5 Å². The lowest BCUT2D eigenvalue weighted by atomic mass is 10.2. The Morgan fingerprint density at radius 1 is 0.853 bits per heavy atom. The Balaban J connectivity index is 1.13. The molecule has 3 aliphatic heterocycles. The molecule has 11 heteroatoms. The Morgan fingerprint density at radius 3 is 1.97 bits per heavy atom. The molecule has 4 heterocycles. The number of rotatable bonds is 6. The summed E-state index contributed by atoms with van der Waals surface area (Å²) < 4.78 is 34.2. The lowest BCUT2D eigenvalue weighted by Gasteiger charge is -2.36. The molecule has 0 N–H and O–H groups in total. The summed E-state index contributed by atoms with van der Waals surface area (Å²) >= 11 is 2.18. The molecule has 0 saturated carbocycles. The molecule has 184 valence electrons. The minimum absolute atomic E-state index is 0.348. The maximum Gasteiger partial charge on any atom is 0.243 e. The molecule has 2 aromatic rings. The first-order valence-corrected chi connectivity index (χ1v) is 14.4. The highest BCUT2D eigenvalue weighted by Crippen LogP contribution is 2.22. The molecule has 3 aliphatic rings. The molecule has 3 fully saturated rings. The van der Waals surface area contributed by atoms with Crippen LogP contribution in [0.15, 0.2) is 41.3 Å². The average Bonchev–Trinajstić information content (AvgIpc) is 3.38. The Morgan fingerprint density at radius 2 is 1.44 bits per heavy atom. The zero-order valence-electron chi connectivity index (χ0n) is 19.2. The van der Waals surface area contributed by atoms with E-state index in [9.17, 15) is 8.42 Å². The van der Waals surface area contributed by atoms with Gasteiger partial charge in [0.05, 0.1) is 11.0 Å². The van der Waals surface area contributed by atoms with Gasteiger partial charge < -0.3 is 14.5 Å². The third kappa shape index (κ3) is 5.48. The molecule has 0 bridgehead atoms. The fraction of sp³-hybridized carbons (Fsp3) is 0.565. The lowest BCUT2D eigenvalue weighted by molar-refractivity contribution is 0.0712. The smallest absolute Gasteiger partial charge is 0.243 e. The first kappa shape index (κ1) is 24.2. The molecular weight excluding hydrogens is 567 g/mol. The van der Waals surface area contributed by atoms with Gasteiger partial charge in [0.25, 0.3) is 0 Å². The highest BCUT2D eigenvalue weighted by molar-refractivity contribution is 14.1. The molecule has 1 unspecified atom stereocenters. The summed E-state index contributed by atoms with van der Waals surface area (Å²) in [6.07, 6.45) is 2.76. The first-order chi connectivity index (χ1) is 16.5. The Labute approximate surface area is 215 Å². The van der Waals surface area contributed by atoms with Gasteiger partial charge in [0.2, 0.25) is 10.0 Å². The van der Waals surface area contributed by atoms with Crippen molar-refractivity contribution in [3.8, 4) is 0 Å². The molecule has 9 nitrogen and oxygen atoms in total. The van der Waals surface area contributed by atoms with Gasteiger partial charge in [-0.1, -0.05) is 0 Å². The molecule has 0 amide bonds. The van der Waals surface area contributed by atoms with Crippen molar-refractivity contribution >= 4 is 44.2 Å². The number of benzene rings is 1. The summed E-state index contributed by atoms with van der Waals surface area (Å²) in [7, 11) is -3.47. The Kier molecular flexibility index (Phi) is 7.54. The SMILES string of the molecule is O=S(=O)(c1ccc(I)cc1)N1CCN(c2ccc(N3CCN(CC4CCCO4)CC3)nn2)CC1. The van der Waals surface area contributed by atoms with Crippen molar-refractivity contribution in [3.05, 3.63) is 40.0 Å². The Hall–Kier alpha value is -1.54. The molecule has 0 aliphatic carbocycles. The van der Waals surface area contributed by atoms with Crippen LogP contribution < -0.4 is 9.80 Å². The molecule has 34 heavy (non-hydrogen) atoms. The van der Waals surface area contributed by atoms with Gasteiger partial charge in [-0.3, -0.25) is 4.90 Å². The molecule has 0 spiro atoms. The monoisotopic (exact) mass is 598 g/mol. The summed E-state index contributed by atoms with van der Waals surface area (Å²) in [5.41, 5.74) is 0. The van der Waals surface area contributed by atoms with E-state index in [1.54, 1.807) is 16.4 Å². The zero-order chi connectivity index (χ0) is 23.5. The number of aromatic nitrogens is 2. The van der Waals surface area contributed by atoms with E-state index in [2.05, 4.69) is 47.5 Å². The summed E-state index contributed by atoms with van der Waals surface area (Å²) in [6, 6.07) is 11.0. The van der Waals surface area contributed by atoms with E-state index in [0.29, 0.717) is 37.2 Å². The molecule has 1 atom stereocenters. The van der Waals surface area contributed by atoms with Crippen molar-refractivity contribution in [2.45, 2.75) is 23.8 Å². The zero-order valence-corrected chi connectivity index (χ0v) is 22.2. The fourth-order valence-electron chi connectivity index (χ4n) is 4.80. The standard InChI is InChI=1S/C23H31IN6O3S/c24-19-3-5-21(6-4-19)34(31,32)30-15-13-29(14-16-30)23-8-7-22(25-26-23)28-11-9-27(10-12-28)18-20-2-1-17-33-20/h3-8,20H,1-2,9-18H2. The average molecular weight is 599 g/mol. The van der Waals surface area contributed by atoms with Gasteiger partial charge in [-0.25, -0.2) is 8.42 Å². The highest BCUT2D eigenvalue weighted by Gasteiger charge is 2.29. The van der Waals surface area contributed by atoms with Gasteiger partial charge in [-0.2, -0.15) is 4.31 Å². The van der Waals surface area contributed by atoms with E-state index >= 15 is 0 Å². The van der Waals surface area contributed by atoms with Crippen LogP contribution in [-0.2, 0) is 14.8 Å². The van der Waals surface area contributed by atoms with E-state index in [4.69, 9.17) is 4.74 Å². The van der Waals surface area contributed by atoms with Crippen LogP contribution in [0.5, 0.6) is 0 Å². The van der Waals surface area contributed by atoms with Crippen LogP contribution in [-0.4, -0.2) is 99.4 Å². The number of nitrogens with zero attached hydrogens (tertiary/aromatic N) is 6. The van der Waals surface area contributed by atoms with Gasteiger partial charge >= 0.3 is 0 Å². The molecule has 5 rings (SSSR count). The van der Waals surface area contributed by atoms with E-state index in [1.165, 1.54) is 12.8 Å². The second kappa shape index (κ2) is 10.6. The molecular formula is C23H31IN6O3S. The maximum atomic E-state index is 12.9. The minimum atomic E-state index is -3.47. The summed E-state index contributed by atoms with van der Waals surface area (Å²) in [6.45, 7) is 7.91. The third-order valence-electron chi connectivity index (χ3n) is 6.83. The number of ether oxygens (including phenoxy) is 1. The van der Waals surface area contributed by atoms with E-state index in [-0.39, 0.29) is 0 Å². The second-order valence-corrected chi connectivity index (χ2v) is 12.2. The van der Waals surface area contributed by atoms with Crippen LogP contribution >= 0.6 is 22.6 Å². The van der Waals surface area contributed by atoms with E-state index in [1.807, 2.05) is 24.3 Å². The summed E-state index contributed by atoms with van der Waals surface area (Å²) in [5, 5.41) is 8.95. The van der Waals surface area contributed by atoms with Crippen LogP contribution in [0, 0.1) is 3.57 Å². The van der Waals surface area contributed by atoms with Crippen molar-refractivity contribution in [2.75, 3.05) is 75.3 Å². The lowest BCUT2D eigenvalue weighted by Crippen LogP contribution is -2.49. The maximum absolute atomic E-state index is 12.9. The number of anilines is 2. The first-order valence-electron chi connectivity index (χ1n) is 11.9. The van der Waals surface area contributed by atoms with Gasteiger partial charge in [0, 0.05) is 69.1 Å². The molecule has 0 radical (unpaired) electrons. The van der Waals surface area contributed by atoms with Gasteiger partial charge in [-0.15, -0.1) is 10.2 Å². The van der Waals surface area contributed by atoms with Crippen LogP contribution in [0.25, 0.3) is 0 Å². The molecule has 1 aromatic heterocycles. The van der Waals surface area contributed by atoms with Crippen LogP contribution in [0.1, 0.15) is 12.8 Å². The van der Waals surface area contributed by atoms with Crippen molar-refractivity contribution in [3.63, 3.8) is 0 Å². The van der Waals surface area contributed by atoms with Crippen molar-refractivity contribution < 1.29 is 13.2 Å². The number of hydrogen-bond donors (Lipinski definition) is 0. The third-order valence-corrected chi connectivity index (χ3v) is 9.46. The van der Waals surface area contributed by atoms with Gasteiger partial charge in [0.15, 0.2) is 11.6 Å². The van der Waals surface area contributed by atoms with Crippen LogP contribution in [0.2, 0.25) is 0 Å². The van der Waals surface area contributed by atoms with E-state index < -0.39 is 10.0 Å². The summed E-state index contributed by atoms with van der Waals surface area (Å²) in [4.78, 5) is 7.23. The minimum Gasteiger partial charge on any atom is -0.377 e. The summed E-state index contributed by atoms with van der Waals surface area (Å²) in [5.74, 6) is 1.70. The predicted molar refractivity (Wildman–Crippen MR) is 140 cm³/mol. The van der Waals surface area contributed by atoms with Crippen LogP contribution in [0.4, 0.5) is 11.6 Å². The number of halogens is 1. The molecule has 1 aromatic carbocycles. The van der Waals surface area contributed by atoms with Crippen molar-refractivity contribution in [2.24, 2.45) is 0 Å².